The van der Waals surface area contributed by atoms with Crippen molar-refractivity contribution >= 4 is 17.5 Å². The zero-order valence-electron chi connectivity index (χ0n) is 13.8. The van der Waals surface area contributed by atoms with Crippen LogP contribution in [-0.4, -0.2) is 43.5 Å². The van der Waals surface area contributed by atoms with Crippen LogP contribution in [0.4, 0.5) is 5.69 Å². The molecule has 1 fully saturated rings. The molecule has 0 saturated carbocycles. The van der Waals surface area contributed by atoms with Gasteiger partial charge in [-0.15, -0.1) is 0 Å². The highest BCUT2D eigenvalue weighted by Crippen LogP contribution is 2.31. The minimum absolute atomic E-state index is 0.0334. The van der Waals surface area contributed by atoms with Gasteiger partial charge in [0, 0.05) is 31.5 Å². The minimum atomic E-state index is -0.266. The first-order valence-electron chi connectivity index (χ1n) is 7.79. The monoisotopic (exact) mass is 316 g/mol. The van der Waals surface area contributed by atoms with Gasteiger partial charge in [-0.1, -0.05) is 13.5 Å². The standard InChI is InChI=1S/C18H24N2O3/c1-4-16(21)19-15-7-5-14(6-8-15)17(22)20-11-9-18(2,10-12-20)13-23-3/h4-8H,1,9-13H2,2-3H3,(H,19,21). The van der Waals surface area contributed by atoms with Crippen molar-refractivity contribution < 1.29 is 14.3 Å². The number of likely N-dealkylation sites (tertiary alicyclic amines) is 1. The number of amides is 2. The Morgan fingerprint density at radius 3 is 2.43 bits per heavy atom. The van der Waals surface area contributed by atoms with Crippen LogP contribution in [0.15, 0.2) is 36.9 Å². The quantitative estimate of drug-likeness (QED) is 0.850. The summed E-state index contributed by atoms with van der Waals surface area (Å²) in [6, 6.07) is 6.94. The zero-order chi connectivity index (χ0) is 16.9. The second-order valence-corrected chi connectivity index (χ2v) is 6.31. The van der Waals surface area contributed by atoms with Crippen molar-refractivity contribution in [1.82, 2.24) is 4.90 Å². The molecule has 124 valence electrons. The van der Waals surface area contributed by atoms with Crippen LogP contribution in [0.2, 0.25) is 0 Å². The molecule has 1 aromatic carbocycles. The van der Waals surface area contributed by atoms with E-state index in [1.54, 1.807) is 31.4 Å². The highest BCUT2D eigenvalue weighted by atomic mass is 16.5. The summed E-state index contributed by atoms with van der Waals surface area (Å²) in [5, 5.41) is 2.67. The molecule has 2 rings (SSSR count). The molecule has 0 bridgehead atoms. The molecule has 1 aliphatic heterocycles. The van der Waals surface area contributed by atoms with Crippen molar-refractivity contribution in [3.05, 3.63) is 42.5 Å². The van der Waals surface area contributed by atoms with Gasteiger partial charge in [-0.3, -0.25) is 9.59 Å². The van der Waals surface area contributed by atoms with E-state index < -0.39 is 0 Å². The Kier molecular flexibility index (Phi) is 5.55. The summed E-state index contributed by atoms with van der Waals surface area (Å²) in [4.78, 5) is 25.7. The summed E-state index contributed by atoms with van der Waals surface area (Å²) in [5.41, 5.74) is 1.44. The fraction of sp³-hybridized carbons (Fsp3) is 0.444. The first-order valence-corrected chi connectivity index (χ1v) is 7.79. The van der Waals surface area contributed by atoms with Crippen molar-refractivity contribution in [2.75, 3.05) is 32.1 Å². The third-order valence-electron chi connectivity index (χ3n) is 4.34. The number of carbonyl (C=O) groups excluding carboxylic acids is 2. The molecule has 1 saturated heterocycles. The van der Waals surface area contributed by atoms with Crippen molar-refractivity contribution in [3.8, 4) is 0 Å². The summed E-state index contributed by atoms with van der Waals surface area (Å²) in [6.45, 7) is 7.83. The van der Waals surface area contributed by atoms with E-state index in [0.717, 1.165) is 32.5 Å². The Bertz CT molecular complexity index is 572. The van der Waals surface area contributed by atoms with Gasteiger partial charge in [0.25, 0.3) is 5.91 Å². The van der Waals surface area contributed by atoms with Crippen LogP contribution < -0.4 is 5.32 Å². The number of nitrogens with one attached hydrogen (secondary N) is 1. The van der Waals surface area contributed by atoms with E-state index in [2.05, 4.69) is 18.8 Å². The summed E-state index contributed by atoms with van der Waals surface area (Å²) < 4.78 is 5.27. The number of anilines is 1. The Morgan fingerprint density at radius 2 is 1.91 bits per heavy atom. The maximum Gasteiger partial charge on any atom is 0.253 e. The third kappa shape index (κ3) is 4.42. The summed E-state index contributed by atoms with van der Waals surface area (Å²) in [5.74, 6) is -0.233. The van der Waals surface area contributed by atoms with Gasteiger partial charge < -0.3 is 15.0 Å². The number of carbonyl (C=O) groups is 2. The lowest BCUT2D eigenvalue weighted by Crippen LogP contribution is -2.43. The Balaban J connectivity index is 1.96. The van der Waals surface area contributed by atoms with Gasteiger partial charge in [-0.05, 0) is 48.6 Å². The minimum Gasteiger partial charge on any atom is -0.384 e. The fourth-order valence-corrected chi connectivity index (χ4v) is 2.81. The van der Waals surface area contributed by atoms with Gasteiger partial charge in [-0.25, -0.2) is 0 Å². The number of hydrogen-bond donors (Lipinski definition) is 1. The molecule has 0 aromatic heterocycles. The molecule has 2 amide bonds. The van der Waals surface area contributed by atoms with Crippen LogP contribution in [0, 0.1) is 5.41 Å². The molecule has 5 nitrogen and oxygen atoms in total. The molecule has 1 heterocycles. The van der Waals surface area contributed by atoms with Gasteiger partial charge in [0.2, 0.25) is 5.91 Å². The number of nitrogens with zero attached hydrogens (tertiary/aromatic N) is 1. The number of hydrogen-bond acceptors (Lipinski definition) is 3. The van der Waals surface area contributed by atoms with E-state index in [4.69, 9.17) is 4.74 Å². The Hall–Kier alpha value is -2.14. The van der Waals surface area contributed by atoms with Gasteiger partial charge in [0.05, 0.1) is 6.61 Å². The highest BCUT2D eigenvalue weighted by Gasteiger charge is 2.32. The SMILES string of the molecule is C=CC(=O)Nc1ccc(C(=O)N2CCC(C)(COC)CC2)cc1. The summed E-state index contributed by atoms with van der Waals surface area (Å²) in [7, 11) is 1.72. The number of benzene rings is 1. The zero-order valence-corrected chi connectivity index (χ0v) is 13.8. The van der Waals surface area contributed by atoms with Crippen LogP contribution in [0.1, 0.15) is 30.1 Å². The summed E-state index contributed by atoms with van der Waals surface area (Å²) in [6.07, 6.45) is 3.10. The number of methoxy groups -OCH3 is 1. The first kappa shape index (κ1) is 17.2. The number of piperidine rings is 1. The lowest BCUT2D eigenvalue weighted by Gasteiger charge is -2.39. The smallest absolute Gasteiger partial charge is 0.253 e. The maximum atomic E-state index is 12.5. The highest BCUT2D eigenvalue weighted by molar-refractivity contribution is 5.99. The maximum absolute atomic E-state index is 12.5. The summed E-state index contributed by atoms with van der Waals surface area (Å²) >= 11 is 0. The largest absolute Gasteiger partial charge is 0.384 e. The molecule has 1 aliphatic rings. The van der Waals surface area contributed by atoms with E-state index in [0.29, 0.717) is 11.3 Å². The van der Waals surface area contributed by atoms with E-state index >= 15 is 0 Å². The van der Waals surface area contributed by atoms with E-state index in [1.807, 2.05) is 4.90 Å². The van der Waals surface area contributed by atoms with Crippen LogP contribution in [-0.2, 0) is 9.53 Å². The van der Waals surface area contributed by atoms with E-state index in [-0.39, 0.29) is 17.2 Å². The topological polar surface area (TPSA) is 58.6 Å². The van der Waals surface area contributed by atoms with E-state index in [1.165, 1.54) is 6.08 Å². The van der Waals surface area contributed by atoms with Crippen molar-refractivity contribution in [1.29, 1.82) is 0 Å². The second-order valence-electron chi connectivity index (χ2n) is 6.31. The van der Waals surface area contributed by atoms with Gasteiger partial charge in [0.1, 0.15) is 0 Å². The molecule has 0 spiro atoms. The van der Waals surface area contributed by atoms with Crippen LogP contribution >= 0.6 is 0 Å². The van der Waals surface area contributed by atoms with Crippen molar-refractivity contribution in [2.45, 2.75) is 19.8 Å². The molecule has 0 unspecified atom stereocenters. The molecule has 0 atom stereocenters. The van der Waals surface area contributed by atoms with Crippen LogP contribution in [0.3, 0.4) is 0 Å². The number of ether oxygens (including phenoxy) is 1. The van der Waals surface area contributed by atoms with Gasteiger partial charge >= 0.3 is 0 Å². The molecule has 5 heteroatoms. The average molecular weight is 316 g/mol. The molecule has 1 N–H and O–H groups in total. The molecule has 1 aromatic rings. The van der Waals surface area contributed by atoms with E-state index in [9.17, 15) is 9.59 Å². The predicted octanol–water partition coefficient (Wildman–Crippen LogP) is 2.70. The average Bonchev–Trinajstić information content (AvgIpc) is 2.55. The first-order chi connectivity index (χ1) is 11.0. The fourth-order valence-electron chi connectivity index (χ4n) is 2.81. The van der Waals surface area contributed by atoms with Gasteiger partial charge in [0.15, 0.2) is 0 Å². The number of rotatable bonds is 5. The molecular weight excluding hydrogens is 292 g/mol. The van der Waals surface area contributed by atoms with Crippen molar-refractivity contribution in [3.63, 3.8) is 0 Å². The Labute approximate surface area is 137 Å². The Morgan fingerprint density at radius 1 is 1.30 bits per heavy atom. The second kappa shape index (κ2) is 7.42. The normalized spacial score (nSPS) is 16.7. The van der Waals surface area contributed by atoms with Crippen LogP contribution in [0.25, 0.3) is 0 Å². The van der Waals surface area contributed by atoms with Gasteiger partial charge in [-0.2, -0.15) is 0 Å². The lowest BCUT2D eigenvalue weighted by atomic mass is 9.81. The van der Waals surface area contributed by atoms with Crippen LogP contribution in [0.5, 0.6) is 0 Å². The lowest BCUT2D eigenvalue weighted by molar-refractivity contribution is -0.111. The molecule has 23 heavy (non-hydrogen) atoms. The molecular formula is C18H24N2O3. The van der Waals surface area contributed by atoms with Crippen molar-refractivity contribution in [2.24, 2.45) is 5.41 Å². The molecule has 0 radical (unpaired) electrons. The third-order valence-corrected chi connectivity index (χ3v) is 4.34. The predicted molar refractivity (Wildman–Crippen MR) is 90.4 cm³/mol. The molecule has 0 aliphatic carbocycles.